The number of hydrogen-bond acceptors (Lipinski definition) is 0. The molecule has 0 heterocycles. The molecule has 0 aromatic rings. The van der Waals surface area contributed by atoms with E-state index in [4.69, 9.17) is 0 Å². The molecule has 0 aromatic carbocycles. The summed E-state index contributed by atoms with van der Waals surface area (Å²) in [6.07, 6.45) is 11.2. The van der Waals surface area contributed by atoms with Gasteiger partial charge in [0.1, 0.15) is 0 Å². The number of rotatable bonds is 11. The summed E-state index contributed by atoms with van der Waals surface area (Å²) < 4.78 is 0. The molecule has 0 amide bonds. The van der Waals surface area contributed by atoms with Crippen molar-refractivity contribution in [2.75, 3.05) is 0 Å². The maximum absolute atomic E-state index is 2.52. The molecule has 0 heteroatoms. The fourth-order valence-electron chi connectivity index (χ4n) is 3.58. The Kier molecular flexibility index (Phi) is 10.9. The molecule has 0 N–H and O–H groups in total. The lowest BCUT2D eigenvalue weighted by molar-refractivity contribution is 0.162. The van der Waals surface area contributed by atoms with Gasteiger partial charge in [0, 0.05) is 0 Å². The first-order valence-electron chi connectivity index (χ1n) is 8.62. The van der Waals surface area contributed by atoms with E-state index in [1.165, 1.54) is 51.4 Å². The SMILES string of the molecule is CCCCC(CC)C(C)C(C)C(CCC)CCC. The summed E-state index contributed by atoms with van der Waals surface area (Å²) in [5.41, 5.74) is 0. The molecular formula is C18H38. The van der Waals surface area contributed by atoms with Crippen LogP contribution in [0.3, 0.4) is 0 Å². The van der Waals surface area contributed by atoms with Gasteiger partial charge in [0.15, 0.2) is 0 Å². The summed E-state index contributed by atoms with van der Waals surface area (Å²) in [4.78, 5) is 0. The summed E-state index contributed by atoms with van der Waals surface area (Å²) in [6, 6.07) is 0. The standard InChI is InChI=1S/C18H38/c1-7-11-14-17(10-4)15(5)16(6)18(12-8-2)13-9-3/h15-18H,7-14H2,1-6H3. The van der Waals surface area contributed by atoms with Crippen molar-refractivity contribution in [3.8, 4) is 0 Å². The molecule has 0 aromatic heterocycles. The van der Waals surface area contributed by atoms with Crippen LogP contribution in [0.15, 0.2) is 0 Å². The molecule has 0 rings (SSSR count). The van der Waals surface area contributed by atoms with E-state index < -0.39 is 0 Å². The Balaban J connectivity index is 4.43. The van der Waals surface area contributed by atoms with Gasteiger partial charge in [0.2, 0.25) is 0 Å². The van der Waals surface area contributed by atoms with Crippen LogP contribution in [-0.4, -0.2) is 0 Å². The molecule has 0 saturated carbocycles. The van der Waals surface area contributed by atoms with Crippen LogP contribution >= 0.6 is 0 Å². The lowest BCUT2D eigenvalue weighted by Gasteiger charge is -2.34. The lowest BCUT2D eigenvalue weighted by Crippen LogP contribution is -2.25. The third-order valence-corrected chi connectivity index (χ3v) is 5.09. The highest BCUT2D eigenvalue weighted by Gasteiger charge is 2.26. The van der Waals surface area contributed by atoms with Crippen molar-refractivity contribution in [1.29, 1.82) is 0 Å². The van der Waals surface area contributed by atoms with E-state index in [0.717, 1.165) is 23.7 Å². The zero-order chi connectivity index (χ0) is 14.0. The molecule has 0 fully saturated rings. The predicted octanol–water partition coefficient (Wildman–Crippen LogP) is 6.69. The fourth-order valence-corrected chi connectivity index (χ4v) is 3.58. The maximum atomic E-state index is 2.52. The van der Waals surface area contributed by atoms with Crippen molar-refractivity contribution < 1.29 is 0 Å². The normalized spacial score (nSPS) is 16.8. The van der Waals surface area contributed by atoms with Crippen LogP contribution in [0.4, 0.5) is 0 Å². The second kappa shape index (κ2) is 10.9. The van der Waals surface area contributed by atoms with Crippen LogP contribution in [0.1, 0.15) is 92.9 Å². The molecule has 18 heavy (non-hydrogen) atoms. The monoisotopic (exact) mass is 254 g/mol. The van der Waals surface area contributed by atoms with Crippen molar-refractivity contribution in [3.05, 3.63) is 0 Å². The largest absolute Gasteiger partial charge is 0.0654 e. The highest BCUT2D eigenvalue weighted by molar-refractivity contribution is 4.76. The van der Waals surface area contributed by atoms with Gasteiger partial charge >= 0.3 is 0 Å². The molecule has 0 radical (unpaired) electrons. The van der Waals surface area contributed by atoms with Gasteiger partial charge in [-0.05, 0) is 23.7 Å². The highest BCUT2D eigenvalue weighted by Crippen LogP contribution is 2.35. The minimum absolute atomic E-state index is 0.907. The summed E-state index contributed by atoms with van der Waals surface area (Å²) in [7, 11) is 0. The fraction of sp³-hybridized carbons (Fsp3) is 1.00. The quantitative estimate of drug-likeness (QED) is 0.385. The van der Waals surface area contributed by atoms with Gasteiger partial charge in [0.25, 0.3) is 0 Å². The average Bonchev–Trinajstić information content (AvgIpc) is 2.38. The molecule has 0 aliphatic heterocycles. The topological polar surface area (TPSA) is 0 Å². The minimum atomic E-state index is 0.907. The van der Waals surface area contributed by atoms with Gasteiger partial charge in [-0.3, -0.25) is 0 Å². The Morgan fingerprint density at radius 2 is 1.11 bits per heavy atom. The Hall–Kier alpha value is 0. The molecule has 0 bridgehead atoms. The zero-order valence-corrected chi connectivity index (χ0v) is 14.0. The van der Waals surface area contributed by atoms with Gasteiger partial charge in [-0.15, -0.1) is 0 Å². The van der Waals surface area contributed by atoms with Crippen LogP contribution in [-0.2, 0) is 0 Å². The first kappa shape index (κ1) is 18.0. The Morgan fingerprint density at radius 3 is 1.50 bits per heavy atom. The lowest BCUT2D eigenvalue weighted by atomic mass is 9.72. The van der Waals surface area contributed by atoms with Crippen LogP contribution < -0.4 is 0 Å². The third kappa shape index (κ3) is 6.25. The first-order chi connectivity index (χ1) is 8.62. The van der Waals surface area contributed by atoms with Gasteiger partial charge < -0.3 is 0 Å². The number of unbranched alkanes of at least 4 members (excludes halogenated alkanes) is 1. The second-order valence-corrected chi connectivity index (χ2v) is 6.37. The van der Waals surface area contributed by atoms with Gasteiger partial charge in [-0.2, -0.15) is 0 Å². The molecule has 0 nitrogen and oxygen atoms in total. The molecule has 0 aliphatic rings. The second-order valence-electron chi connectivity index (χ2n) is 6.37. The molecule has 0 spiro atoms. The van der Waals surface area contributed by atoms with Gasteiger partial charge in [-0.25, -0.2) is 0 Å². The smallest absolute Gasteiger partial charge is 0.0386 e. The Morgan fingerprint density at radius 1 is 0.611 bits per heavy atom. The minimum Gasteiger partial charge on any atom is -0.0654 e. The van der Waals surface area contributed by atoms with E-state index in [1.54, 1.807) is 0 Å². The summed E-state index contributed by atoms with van der Waals surface area (Å²) in [5.74, 6) is 3.73. The van der Waals surface area contributed by atoms with E-state index in [1.807, 2.05) is 0 Å². The molecule has 0 aliphatic carbocycles. The van der Waals surface area contributed by atoms with E-state index in [9.17, 15) is 0 Å². The number of hydrogen-bond donors (Lipinski definition) is 0. The zero-order valence-electron chi connectivity index (χ0n) is 14.0. The van der Waals surface area contributed by atoms with E-state index in [-0.39, 0.29) is 0 Å². The molecule has 3 unspecified atom stereocenters. The molecular weight excluding hydrogens is 216 g/mol. The molecule has 0 saturated heterocycles. The summed E-state index contributed by atoms with van der Waals surface area (Å²) in [6.45, 7) is 14.4. The van der Waals surface area contributed by atoms with E-state index >= 15 is 0 Å². The van der Waals surface area contributed by atoms with Crippen molar-refractivity contribution in [2.24, 2.45) is 23.7 Å². The van der Waals surface area contributed by atoms with E-state index in [2.05, 4.69) is 41.5 Å². The first-order valence-corrected chi connectivity index (χ1v) is 8.62. The van der Waals surface area contributed by atoms with Crippen LogP contribution in [0.2, 0.25) is 0 Å². The van der Waals surface area contributed by atoms with E-state index in [0.29, 0.717) is 0 Å². The third-order valence-electron chi connectivity index (χ3n) is 5.09. The van der Waals surface area contributed by atoms with Gasteiger partial charge in [0.05, 0.1) is 0 Å². The van der Waals surface area contributed by atoms with Crippen molar-refractivity contribution in [3.63, 3.8) is 0 Å². The van der Waals surface area contributed by atoms with Crippen LogP contribution in [0, 0.1) is 23.7 Å². The predicted molar refractivity (Wildman–Crippen MR) is 84.9 cm³/mol. The van der Waals surface area contributed by atoms with Crippen molar-refractivity contribution >= 4 is 0 Å². The van der Waals surface area contributed by atoms with Crippen LogP contribution in [0.5, 0.6) is 0 Å². The van der Waals surface area contributed by atoms with Crippen molar-refractivity contribution in [2.45, 2.75) is 92.9 Å². The van der Waals surface area contributed by atoms with Gasteiger partial charge in [-0.1, -0.05) is 92.9 Å². The maximum Gasteiger partial charge on any atom is -0.0386 e. The Bertz CT molecular complexity index is 167. The molecule has 110 valence electrons. The average molecular weight is 255 g/mol. The highest BCUT2D eigenvalue weighted by atomic mass is 14.3. The summed E-state index contributed by atoms with van der Waals surface area (Å²) in [5, 5.41) is 0. The molecule has 3 atom stereocenters. The van der Waals surface area contributed by atoms with Crippen LogP contribution in [0.25, 0.3) is 0 Å². The Labute approximate surface area is 117 Å². The van der Waals surface area contributed by atoms with Crippen molar-refractivity contribution in [1.82, 2.24) is 0 Å². The summed E-state index contributed by atoms with van der Waals surface area (Å²) >= 11 is 0.